The van der Waals surface area contributed by atoms with E-state index in [0.717, 1.165) is 12.8 Å². The van der Waals surface area contributed by atoms with Crippen LogP contribution in [0.15, 0.2) is 40.9 Å². The van der Waals surface area contributed by atoms with Crippen LogP contribution in [0.1, 0.15) is 55.7 Å². The number of halogens is 1. The van der Waals surface area contributed by atoms with Crippen LogP contribution in [-0.4, -0.2) is 33.4 Å². The quantitative estimate of drug-likeness (QED) is 0.375. The first-order chi connectivity index (χ1) is 17.2. The summed E-state index contributed by atoms with van der Waals surface area (Å²) in [4.78, 5) is 28.6. The number of hydrogen-bond acceptors (Lipinski definition) is 7. The monoisotopic (exact) mass is 513 g/mol. The van der Waals surface area contributed by atoms with E-state index < -0.39 is 18.2 Å². The summed E-state index contributed by atoms with van der Waals surface area (Å²) < 4.78 is 17.0. The van der Waals surface area contributed by atoms with Gasteiger partial charge in [-0.2, -0.15) is 0 Å². The Labute approximate surface area is 213 Å². The molecule has 3 aromatic rings. The first-order valence-electron chi connectivity index (χ1n) is 11.8. The van der Waals surface area contributed by atoms with E-state index in [1.165, 1.54) is 0 Å². The second kappa shape index (κ2) is 11.0. The molecule has 36 heavy (non-hydrogen) atoms. The van der Waals surface area contributed by atoms with Crippen molar-refractivity contribution in [3.63, 3.8) is 0 Å². The normalized spacial score (nSPS) is 18.3. The molecule has 4 rings (SSSR count). The van der Waals surface area contributed by atoms with E-state index in [4.69, 9.17) is 25.6 Å². The molecule has 1 aliphatic rings. The molecule has 9 nitrogen and oxygen atoms in total. The molecule has 0 radical (unpaired) electrons. The number of amides is 1. The number of anilines is 1. The van der Waals surface area contributed by atoms with Crippen LogP contribution in [0.3, 0.4) is 0 Å². The standard InChI is InChI=1S/C26H28ClN3O6/c1-14-22(35-18-8-6-7-17(13-18)25(31)32)12-11-21(28-14)24-23(15(2)30-36-24)29-26(33)34-16(3)19-9-4-5-10-20(19)27/h4-5,9-12,16-18H,6-8,13H2,1-3H3,(H,29,33)(H,31,32)/t16-,17?,18?/m1/s1. The van der Waals surface area contributed by atoms with Gasteiger partial charge in [0.1, 0.15) is 28.9 Å². The zero-order valence-electron chi connectivity index (χ0n) is 20.3. The third kappa shape index (κ3) is 5.79. The minimum atomic E-state index is -0.783. The molecule has 1 fully saturated rings. The maximum Gasteiger partial charge on any atom is 0.412 e. The lowest BCUT2D eigenvalue weighted by Gasteiger charge is -2.27. The van der Waals surface area contributed by atoms with Gasteiger partial charge >= 0.3 is 12.1 Å². The molecule has 1 amide bonds. The van der Waals surface area contributed by atoms with Gasteiger partial charge in [-0.15, -0.1) is 0 Å². The van der Waals surface area contributed by atoms with Crippen molar-refractivity contribution >= 4 is 29.4 Å². The summed E-state index contributed by atoms with van der Waals surface area (Å²) in [6.07, 6.45) is 1.33. The van der Waals surface area contributed by atoms with Gasteiger partial charge in [0.2, 0.25) is 5.76 Å². The van der Waals surface area contributed by atoms with Crippen LogP contribution in [-0.2, 0) is 9.53 Å². The number of benzene rings is 1. The number of aliphatic carboxylic acids is 1. The molecular weight excluding hydrogens is 486 g/mol. The second-order valence-corrected chi connectivity index (χ2v) is 9.30. The number of carboxylic acids is 1. The van der Waals surface area contributed by atoms with Crippen LogP contribution in [0.5, 0.6) is 5.75 Å². The Morgan fingerprint density at radius 1 is 1.17 bits per heavy atom. The Morgan fingerprint density at radius 2 is 1.94 bits per heavy atom. The third-order valence-corrected chi connectivity index (χ3v) is 6.60. The predicted octanol–water partition coefficient (Wildman–Crippen LogP) is 6.34. The van der Waals surface area contributed by atoms with Gasteiger partial charge in [-0.25, -0.2) is 9.78 Å². The molecular formula is C26H28ClN3O6. The molecule has 1 aromatic carbocycles. The van der Waals surface area contributed by atoms with Crippen molar-refractivity contribution in [2.45, 2.75) is 58.7 Å². The summed E-state index contributed by atoms with van der Waals surface area (Å²) in [6, 6.07) is 10.6. The number of ether oxygens (including phenoxy) is 2. The van der Waals surface area contributed by atoms with Crippen LogP contribution >= 0.6 is 11.6 Å². The van der Waals surface area contributed by atoms with E-state index in [9.17, 15) is 14.7 Å². The lowest BCUT2D eigenvalue weighted by Crippen LogP contribution is -2.29. The van der Waals surface area contributed by atoms with Crippen molar-refractivity contribution in [1.29, 1.82) is 0 Å². The van der Waals surface area contributed by atoms with Gasteiger partial charge in [0, 0.05) is 10.6 Å². The minimum absolute atomic E-state index is 0.175. The number of carbonyl (C=O) groups is 2. The topological polar surface area (TPSA) is 124 Å². The zero-order valence-corrected chi connectivity index (χ0v) is 21.0. The summed E-state index contributed by atoms with van der Waals surface area (Å²) in [5, 5.41) is 16.5. The Hall–Kier alpha value is -3.59. The van der Waals surface area contributed by atoms with Crippen molar-refractivity contribution in [3.8, 4) is 17.2 Å². The molecule has 2 heterocycles. The number of nitrogens with zero attached hydrogens (tertiary/aromatic N) is 2. The Bertz CT molecular complexity index is 1260. The fourth-order valence-corrected chi connectivity index (χ4v) is 4.60. The number of carbonyl (C=O) groups excluding carboxylic acids is 1. The number of hydrogen-bond donors (Lipinski definition) is 2. The lowest BCUT2D eigenvalue weighted by atomic mass is 9.87. The molecule has 0 saturated heterocycles. The fraction of sp³-hybridized carbons (Fsp3) is 0.385. The summed E-state index contributed by atoms with van der Waals surface area (Å²) in [5.74, 6) is -0.307. The van der Waals surface area contributed by atoms with Crippen molar-refractivity contribution in [3.05, 3.63) is 58.4 Å². The number of rotatable bonds is 7. The van der Waals surface area contributed by atoms with E-state index in [1.54, 1.807) is 51.1 Å². The summed E-state index contributed by atoms with van der Waals surface area (Å²) >= 11 is 6.20. The number of aryl methyl sites for hydroxylation is 2. The van der Waals surface area contributed by atoms with Crippen LogP contribution in [0.2, 0.25) is 5.02 Å². The smallest absolute Gasteiger partial charge is 0.412 e. The largest absolute Gasteiger partial charge is 0.489 e. The van der Waals surface area contributed by atoms with Crippen molar-refractivity contribution in [1.82, 2.24) is 10.1 Å². The second-order valence-electron chi connectivity index (χ2n) is 8.89. The number of aromatic nitrogens is 2. The van der Waals surface area contributed by atoms with E-state index in [0.29, 0.717) is 51.9 Å². The number of carboxylic acid groups (broad SMARTS) is 1. The zero-order chi connectivity index (χ0) is 25.8. The maximum atomic E-state index is 12.6. The van der Waals surface area contributed by atoms with Gasteiger partial charge in [-0.05, 0) is 64.7 Å². The molecule has 0 bridgehead atoms. The fourth-order valence-electron chi connectivity index (χ4n) is 4.31. The summed E-state index contributed by atoms with van der Waals surface area (Å²) in [7, 11) is 0. The average molecular weight is 514 g/mol. The molecule has 3 atom stereocenters. The Balaban J connectivity index is 1.46. The predicted molar refractivity (Wildman–Crippen MR) is 133 cm³/mol. The SMILES string of the molecule is Cc1nc(-c2onc(C)c2NC(=O)O[C@H](C)c2ccccc2Cl)ccc1OC1CCCC(C(=O)O)C1. The van der Waals surface area contributed by atoms with Gasteiger partial charge < -0.3 is 19.1 Å². The lowest BCUT2D eigenvalue weighted by molar-refractivity contribution is -0.143. The summed E-state index contributed by atoms with van der Waals surface area (Å²) in [6.45, 7) is 5.23. The highest BCUT2D eigenvalue weighted by Crippen LogP contribution is 2.34. The van der Waals surface area contributed by atoms with Crippen molar-refractivity contribution in [2.24, 2.45) is 5.92 Å². The van der Waals surface area contributed by atoms with Gasteiger partial charge in [-0.1, -0.05) is 35.0 Å². The Morgan fingerprint density at radius 3 is 2.67 bits per heavy atom. The maximum absolute atomic E-state index is 12.6. The molecule has 2 unspecified atom stereocenters. The summed E-state index contributed by atoms with van der Waals surface area (Å²) in [5.41, 5.74) is 2.58. The first kappa shape index (κ1) is 25.5. The van der Waals surface area contributed by atoms with Crippen LogP contribution in [0, 0.1) is 19.8 Å². The highest BCUT2D eigenvalue weighted by Gasteiger charge is 2.29. The molecule has 1 saturated carbocycles. The van der Waals surface area contributed by atoms with Gasteiger partial charge in [0.15, 0.2) is 0 Å². The number of pyridine rings is 1. The average Bonchev–Trinajstić information content (AvgIpc) is 3.20. The molecule has 10 heteroatoms. The molecule has 0 spiro atoms. The van der Waals surface area contributed by atoms with E-state index in [2.05, 4.69) is 15.5 Å². The third-order valence-electron chi connectivity index (χ3n) is 6.26. The van der Waals surface area contributed by atoms with Crippen LogP contribution in [0.25, 0.3) is 11.5 Å². The molecule has 2 aromatic heterocycles. The molecule has 1 aliphatic carbocycles. The van der Waals surface area contributed by atoms with E-state index in [-0.39, 0.29) is 17.8 Å². The van der Waals surface area contributed by atoms with Gasteiger partial charge in [0.05, 0.1) is 17.7 Å². The van der Waals surface area contributed by atoms with Gasteiger partial charge in [-0.3, -0.25) is 10.1 Å². The van der Waals surface area contributed by atoms with Crippen molar-refractivity contribution < 1.29 is 28.7 Å². The van der Waals surface area contributed by atoms with Crippen LogP contribution < -0.4 is 10.1 Å². The van der Waals surface area contributed by atoms with Crippen molar-refractivity contribution in [2.75, 3.05) is 5.32 Å². The molecule has 0 aliphatic heterocycles. The van der Waals surface area contributed by atoms with Crippen LogP contribution in [0.4, 0.5) is 10.5 Å². The van der Waals surface area contributed by atoms with E-state index >= 15 is 0 Å². The number of nitrogens with one attached hydrogen (secondary N) is 1. The molecule has 2 N–H and O–H groups in total. The molecule has 190 valence electrons. The minimum Gasteiger partial charge on any atom is -0.489 e. The van der Waals surface area contributed by atoms with Gasteiger partial charge in [0.25, 0.3) is 0 Å². The Kier molecular flexibility index (Phi) is 7.79. The van der Waals surface area contributed by atoms with E-state index in [1.807, 2.05) is 6.07 Å². The highest BCUT2D eigenvalue weighted by atomic mass is 35.5. The first-order valence-corrected chi connectivity index (χ1v) is 12.2. The highest BCUT2D eigenvalue weighted by molar-refractivity contribution is 6.31.